The fourth-order valence-corrected chi connectivity index (χ4v) is 2.77. The summed E-state index contributed by atoms with van der Waals surface area (Å²) in [7, 11) is 0. The number of nitrogens with one attached hydrogen (secondary N) is 1. The molecule has 0 amide bonds. The van der Waals surface area contributed by atoms with Gasteiger partial charge in [-0.3, -0.25) is 0 Å². The van der Waals surface area contributed by atoms with E-state index in [-0.39, 0.29) is 5.50 Å². The molecule has 0 saturated carbocycles. The van der Waals surface area contributed by atoms with Crippen LogP contribution in [0.2, 0.25) is 0 Å². The molecular formula is C19H18N2S. The van der Waals surface area contributed by atoms with E-state index in [1.807, 2.05) is 66.7 Å². The Morgan fingerprint density at radius 2 is 1.05 bits per heavy atom. The van der Waals surface area contributed by atoms with Crippen molar-refractivity contribution in [2.24, 2.45) is 0 Å². The van der Waals surface area contributed by atoms with Crippen LogP contribution >= 0.6 is 12.6 Å². The lowest BCUT2D eigenvalue weighted by molar-refractivity contribution is 0.978. The Bertz CT molecular complexity index is 647. The average Bonchev–Trinajstić information content (AvgIpc) is 2.58. The summed E-state index contributed by atoms with van der Waals surface area (Å²) in [5.74, 6) is 0. The second-order valence-electron chi connectivity index (χ2n) is 4.93. The molecule has 3 aromatic carbocycles. The van der Waals surface area contributed by atoms with Crippen molar-refractivity contribution in [3.63, 3.8) is 0 Å². The number of anilines is 3. The van der Waals surface area contributed by atoms with Gasteiger partial charge in [0.25, 0.3) is 0 Å². The Kier molecular flexibility index (Phi) is 4.66. The smallest absolute Gasteiger partial charge is 0.149 e. The van der Waals surface area contributed by atoms with E-state index in [2.05, 4.69) is 34.5 Å². The summed E-state index contributed by atoms with van der Waals surface area (Å²) in [5.41, 5.74) is 3.06. The molecule has 0 bridgehead atoms. The minimum absolute atomic E-state index is 0.174. The molecule has 0 saturated heterocycles. The van der Waals surface area contributed by atoms with E-state index in [1.165, 1.54) is 0 Å². The average molecular weight is 306 g/mol. The fraction of sp³-hybridized carbons (Fsp3) is 0.0526. The zero-order chi connectivity index (χ0) is 15.2. The summed E-state index contributed by atoms with van der Waals surface area (Å²) in [6.45, 7) is 0. The predicted molar refractivity (Wildman–Crippen MR) is 97.9 cm³/mol. The van der Waals surface area contributed by atoms with Crippen LogP contribution in [0.3, 0.4) is 0 Å². The minimum atomic E-state index is -0.174. The minimum Gasteiger partial charge on any atom is -0.357 e. The van der Waals surface area contributed by atoms with Crippen LogP contribution in [0.4, 0.5) is 17.1 Å². The Hall–Kier alpha value is -2.39. The van der Waals surface area contributed by atoms with Crippen LogP contribution in [0.5, 0.6) is 0 Å². The molecule has 3 rings (SSSR count). The third-order valence-corrected chi connectivity index (χ3v) is 3.74. The van der Waals surface area contributed by atoms with Gasteiger partial charge < -0.3 is 10.2 Å². The van der Waals surface area contributed by atoms with E-state index in [9.17, 15) is 0 Å². The van der Waals surface area contributed by atoms with Gasteiger partial charge in [-0.2, -0.15) is 0 Å². The van der Waals surface area contributed by atoms with Gasteiger partial charge in [-0.05, 0) is 36.4 Å². The Balaban J connectivity index is 1.92. The molecule has 0 fully saturated rings. The molecule has 1 N–H and O–H groups in total. The molecule has 3 aromatic rings. The maximum absolute atomic E-state index is 4.77. The monoisotopic (exact) mass is 306 g/mol. The van der Waals surface area contributed by atoms with Crippen molar-refractivity contribution in [2.75, 3.05) is 10.2 Å². The quantitative estimate of drug-likeness (QED) is 0.500. The van der Waals surface area contributed by atoms with E-state index >= 15 is 0 Å². The molecule has 0 heterocycles. The molecule has 110 valence electrons. The summed E-state index contributed by atoms with van der Waals surface area (Å²) in [5, 5.41) is 3.43. The van der Waals surface area contributed by atoms with Gasteiger partial charge in [0.05, 0.1) is 0 Å². The Morgan fingerprint density at radius 3 is 1.50 bits per heavy atom. The SMILES string of the molecule is SC(Nc1ccccc1)N(c1ccccc1)c1ccccc1. The number of hydrogen-bond acceptors (Lipinski definition) is 3. The number of para-hydroxylation sites is 3. The Labute approximate surface area is 136 Å². The van der Waals surface area contributed by atoms with Gasteiger partial charge in [0, 0.05) is 17.1 Å². The lowest BCUT2D eigenvalue weighted by Crippen LogP contribution is -2.33. The maximum atomic E-state index is 4.77. The van der Waals surface area contributed by atoms with Crippen LogP contribution in [-0.2, 0) is 0 Å². The van der Waals surface area contributed by atoms with Gasteiger partial charge in [0.15, 0.2) is 0 Å². The topological polar surface area (TPSA) is 15.3 Å². The van der Waals surface area contributed by atoms with E-state index in [0.29, 0.717) is 0 Å². The number of rotatable bonds is 5. The van der Waals surface area contributed by atoms with Crippen molar-refractivity contribution >= 4 is 29.7 Å². The van der Waals surface area contributed by atoms with Crippen LogP contribution in [-0.4, -0.2) is 5.50 Å². The first-order valence-electron chi connectivity index (χ1n) is 7.23. The van der Waals surface area contributed by atoms with Crippen molar-refractivity contribution in [2.45, 2.75) is 5.50 Å². The molecular weight excluding hydrogens is 288 g/mol. The van der Waals surface area contributed by atoms with Crippen LogP contribution < -0.4 is 10.2 Å². The summed E-state index contributed by atoms with van der Waals surface area (Å²) in [6.07, 6.45) is 0. The van der Waals surface area contributed by atoms with Gasteiger partial charge in [-0.25, -0.2) is 0 Å². The first kappa shape index (κ1) is 14.5. The van der Waals surface area contributed by atoms with E-state index in [0.717, 1.165) is 17.1 Å². The second-order valence-corrected chi connectivity index (χ2v) is 5.41. The summed E-state index contributed by atoms with van der Waals surface area (Å²) in [4.78, 5) is 2.16. The van der Waals surface area contributed by atoms with Gasteiger partial charge in [-0.15, -0.1) is 12.6 Å². The van der Waals surface area contributed by atoms with Crippen molar-refractivity contribution in [1.82, 2.24) is 0 Å². The van der Waals surface area contributed by atoms with Gasteiger partial charge in [0.1, 0.15) is 5.50 Å². The van der Waals surface area contributed by atoms with E-state index in [4.69, 9.17) is 12.6 Å². The van der Waals surface area contributed by atoms with Crippen LogP contribution in [0, 0.1) is 0 Å². The third kappa shape index (κ3) is 3.43. The highest BCUT2D eigenvalue weighted by Crippen LogP contribution is 2.29. The van der Waals surface area contributed by atoms with Gasteiger partial charge in [-0.1, -0.05) is 54.6 Å². The molecule has 1 atom stereocenters. The highest BCUT2D eigenvalue weighted by molar-refractivity contribution is 7.81. The predicted octanol–water partition coefficient (Wildman–Crippen LogP) is 5.15. The van der Waals surface area contributed by atoms with Crippen molar-refractivity contribution in [3.8, 4) is 0 Å². The molecule has 0 radical (unpaired) electrons. The molecule has 0 aliphatic carbocycles. The molecule has 0 aliphatic rings. The lowest BCUT2D eigenvalue weighted by atomic mass is 10.2. The molecule has 3 heteroatoms. The summed E-state index contributed by atoms with van der Waals surface area (Å²) in [6, 6.07) is 30.6. The number of benzene rings is 3. The van der Waals surface area contributed by atoms with Gasteiger partial charge >= 0.3 is 0 Å². The zero-order valence-corrected chi connectivity index (χ0v) is 13.0. The highest BCUT2D eigenvalue weighted by Gasteiger charge is 2.16. The summed E-state index contributed by atoms with van der Waals surface area (Å²) >= 11 is 4.77. The van der Waals surface area contributed by atoms with Crippen LogP contribution in [0.1, 0.15) is 0 Å². The van der Waals surface area contributed by atoms with Crippen molar-refractivity contribution in [3.05, 3.63) is 91.0 Å². The third-order valence-electron chi connectivity index (χ3n) is 3.38. The van der Waals surface area contributed by atoms with Gasteiger partial charge in [0.2, 0.25) is 0 Å². The van der Waals surface area contributed by atoms with Crippen molar-refractivity contribution < 1.29 is 0 Å². The largest absolute Gasteiger partial charge is 0.357 e. The molecule has 1 unspecified atom stereocenters. The Morgan fingerprint density at radius 1 is 0.636 bits per heavy atom. The van der Waals surface area contributed by atoms with Crippen molar-refractivity contribution in [1.29, 1.82) is 0 Å². The molecule has 0 spiro atoms. The first-order valence-corrected chi connectivity index (χ1v) is 7.75. The number of hydrogen-bond donors (Lipinski definition) is 2. The standard InChI is InChI=1S/C19H18N2S/c22-19(20-16-10-4-1-5-11-16)21(17-12-6-2-7-13-17)18-14-8-3-9-15-18/h1-15,19-20,22H. The zero-order valence-electron chi connectivity index (χ0n) is 12.1. The fourth-order valence-electron chi connectivity index (χ4n) is 2.36. The highest BCUT2D eigenvalue weighted by atomic mass is 32.1. The lowest BCUT2D eigenvalue weighted by Gasteiger charge is -2.31. The molecule has 2 nitrogen and oxygen atoms in total. The molecule has 22 heavy (non-hydrogen) atoms. The van der Waals surface area contributed by atoms with E-state index in [1.54, 1.807) is 0 Å². The van der Waals surface area contributed by atoms with Crippen LogP contribution in [0.25, 0.3) is 0 Å². The second kappa shape index (κ2) is 7.05. The van der Waals surface area contributed by atoms with Crippen LogP contribution in [0.15, 0.2) is 91.0 Å². The maximum Gasteiger partial charge on any atom is 0.149 e. The number of nitrogens with zero attached hydrogens (tertiary/aromatic N) is 1. The normalized spacial score (nSPS) is 11.7. The summed E-state index contributed by atoms with van der Waals surface area (Å²) < 4.78 is 0. The number of thiol groups is 1. The van der Waals surface area contributed by atoms with E-state index < -0.39 is 0 Å². The first-order chi connectivity index (χ1) is 10.8. The molecule has 0 aliphatic heterocycles. The molecule has 0 aromatic heterocycles.